The van der Waals surface area contributed by atoms with Crippen molar-refractivity contribution in [3.63, 3.8) is 0 Å². The average molecular weight is 289 g/mol. The van der Waals surface area contributed by atoms with Crippen LogP contribution in [0.3, 0.4) is 0 Å². The fraction of sp³-hybridized carbons (Fsp3) is 0.500. The molecule has 3 rings (SSSR count). The van der Waals surface area contributed by atoms with Crippen LogP contribution in [0.5, 0.6) is 0 Å². The lowest BCUT2D eigenvalue weighted by atomic mass is 9.96. The van der Waals surface area contributed by atoms with Crippen LogP contribution in [0.4, 0.5) is 0 Å². The van der Waals surface area contributed by atoms with Gasteiger partial charge in [-0.15, -0.1) is 0 Å². The number of nitrogens with zero attached hydrogens (tertiary/aromatic N) is 1. The molecule has 112 valence electrons. The van der Waals surface area contributed by atoms with Crippen molar-refractivity contribution >= 4 is 11.9 Å². The van der Waals surface area contributed by atoms with Gasteiger partial charge in [0.15, 0.2) is 0 Å². The highest BCUT2D eigenvalue weighted by atomic mass is 16.5. The predicted molar refractivity (Wildman–Crippen MR) is 75.5 cm³/mol. The largest absolute Gasteiger partial charge is 0.481 e. The van der Waals surface area contributed by atoms with Gasteiger partial charge in [0.1, 0.15) is 0 Å². The Morgan fingerprint density at radius 3 is 2.67 bits per heavy atom. The first-order valence-electron chi connectivity index (χ1n) is 7.35. The molecule has 1 fully saturated rings. The summed E-state index contributed by atoms with van der Waals surface area (Å²) in [6, 6.07) is 7.97. The highest BCUT2D eigenvalue weighted by Crippen LogP contribution is 2.33. The minimum atomic E-state index is -0.754. The van der Waals surface area contributed by atoms with E-state index in [1.807, 2.05) is 24.3 Å². The lowest BCUT2D eigenvalue weighted by molar-refractivity contribution is -0.146. The molecular weight excluding hydrogens is 270 g/mol. The van der Waals surface area contributed by atoms with Gasteiger partial charge >= 0.3 is 5.97 Å². The molecule has 5 heteroatoms. The number of fused-ring (bicyclic) bond motifs is 1. The summed E-state index contributed by atoms with van der Waals surface area (Å²) in [6.45, 7) is 1.63. The molecule has 0 aromatic heterocycles. The van der Waals surface area contributed by atoms with Crippen molar-refractivity contribution < 1.29 is 19.4 Å². The molecule has 0 aliphatic carbocycles. The Morgan fingerprint density at radius 2 is 1.95 bits per heavy atom. The normalized spacial score (nSPS) is 22.1. The van der Waals surface area contributed by atoms with E-state index in [0.29, 0.717) is 39.0 Å². The Labute approximate surface area is 123 Å². The van der Waals surface area contributed by atoms with Gasteiger partial charge in [0.25, 0.3) is 0 Å². The van der Waals surface area contributed by atoms with Crippen LogP contribution in [-0.2, 0) is 20.9 Å². The molecule has 1 saturated heterocycles. The number of hydrogen-bond donors (Lipinski definition) is 1. The number of carboxylic acid groups (broad SMARTS) is 1. The van der Waals surface area contributed by atoms with Crippen molar-refractivity contribution in [2.45, 2.75) is 32.0 Å². The Hall–Kier alpha value is -1.88. The molecule has 0 spiro atoms. The maximum absolute atomic E-state index is 12.3. The number of ether oxygens (including phenoxy) is 1. The van der Waals surface area contributed by atoms with Gasteiger partial charge < -0.3 is 14.7 Å². The molecule has 5 nitrogen and oxygen atoms in total. The molecule has 0 radical (unpaired) electrons. The van der Waals surface area contributed by atoms with Gasteiger partial charge in [0.2, 0.25) is 5.91 Å². The summed E-state index contributed by atoms with van der Waals surface area (Å²) in [5.74, 6) is -1.01. The van der Waals surface area contributed by atoms with Gasteiger partial charge in [-0.05, 0) is 24.0 Å². The van der Waals surface area contributed by atoms with E-state index in [4.69, 9.17) is 9.84 Å². The van der Waals surface area contributed by atoms with Crippen molar-refractivity contribution in [3.8, 4) is 0 Å². The summed E-state index contributed by atoms with van der Waals surface area (Å²) in [6.07, 6.45) is 1.27. The number of rotatable bonds is 3. The number of amides is 1. The first kappa shape index (κ1) is 14.1. The number of carboxylic acids is 1. The van der Waals surface area contributed by atoms with E-state index in [1.165, 1.54) is 0 Å². The Morgan fingerprint density at radius 1 is 1.24 bits per heavy atom. The van der Waals surface area contributed by atoms with Crippen molar-refractivity contribution in [2.75, 3.05) is 13.1 Å². The minimum absolute atomic E-state index is 0.0561. The lowest BCUT2D eigenvalue weighted by Gasteiger charge is -2.30. The smallest absolute Gasteiger partial charge is 0.306 e. The average Bonchev–Trinajstić information content (AvgIpc) is 2.91. The van der Waals surface area contributed by atoms with Crippen LogP contribution in [0.2, 0.25) is 0 Å². The first-order valence-corrected chi connectivity index (χ1v) is 7.35. The lowest BCUT2D eigenvalue weighted by Crippen LogP contribution is -2.40. The van der Waals surface area contributed by atoms with Crippen molar-refractivity contribution in [3.05, 3.63) is 35.4 Å². The molecule has 1 unspecified atom stereocenters. The molecule has 2 heterocycles. The molecule has 2 aliphatic heterocycles. The zero-order valence-corrected chi connectivity index (χ0v) is 11.8. The molecule has 0 saturated carbocycles. The third-order valence-corrected chi connectivity index (χ3v) is 4.40. The maximum atomic E-state index is 12.3. The van der Waals surface area contributed by atoms with E-state index in [9.17, 15) is 9.59 Å². The number of carbonyl (C=O) groups is 2. The number of hydrogen-bond acceptors (Lipinski definition) is 3. The minimum Gasteiger partial charge on any atom is -0.481 e. The van der Waals surface area contributed by atoms with Crippen molar-refractivity contribution in [1.29, 1.82) is 0 Å². The molecule has 2 aliphatic rings. The number of carbonyl (C=O) groups excluding carboxylic acids is 1. The SMILES string of the molecule is O=C(O)C1CCN(C(=O)CC2OCc3ccccc32)CC1. The summed E-state index contributed by atoms with van der Waals surface area (Å²) < 4.78 is 5.70. The topological polar surface area (TPSA) is 66.8 Å². The number of piperidine rings is 1. The second-order valence-corrected chi connectivity index (χ2v) is 5.70. The molecule has 1 N–H and O–H groups in total. The Balaban J connectivity index is 1.57. The van der Waals surface area contributed by atoms with E-state index in [0.717, 1.165) is 11.1 Å². The summed E-state index contributed by atoms with van der Waals surface area (Å²) in [4.78, 5) is 25.0. The van der Waals surface area contributed by atoms with Crippen LogP contribution in [-0.4, -0.2) is 35.0 Å². The van der Waals surface area contributed by atoms with E-state index in [1.54, 1.807) is 4.90 Å². The molecule has 1 aromatic carbocycles. The standard InChI is InChI=1S/C16H19NO4/c18-15(17-7-5-11(6-8-17)16(19)20)9-14-13-4-2-1-3-12(13)10-21-14/h1-4,11,14H,5-10H2,(H,19,20). The van der Waals surface area contributed by atoms with Crippen LogP contribution in [0.1, 0.15) is 36.5 Å². The van der Waals surface area contributed by atoms with Crippen LogP contribution in [0, 0.1) is 5.92 Å². The summed E-state index contributed by atoms with van der Waals surface area (Å²) in [7, 11) is 0. The number of likely N-dealkylation sites (tertiary alicyclic amines) is 1. The fourth-order valence-corrected chi connectivity index (χ4v) is 3.09. The van der Waals surface area contributed by atoms with Crippen LogP contribution < -0.4 is 0 Å². The van der Waals surface area contributed by atoms with Crippen LogP contribution >= 0.6 is 0 Å². The van der Waals surface area contributed by atoms with Gasteiger partial charge in [0.05, 0.1) is 25.0 Å². The summed E-state index contributed by atoms with van der Waals surface area (Å²) >= 11 is 0. The van der Waals surface area contributed by atoms with Crippen LogP contribution in [0.25, 0.3) is 0 Å². The number of aliphatic carboxylic acids is 1. The van der Waals surface area contributed by atoms with Gasteiger partial charge in [0, 0.05) is 13.1 Å². The van der Waals surface area contributed by atoms with E-state index in [-0.39, 0.29) is 17.9 Å². The molecule has 1 aromatic rings. The highest BCUT2D eigenvalue weighted by Gasteiger charge is 2.30. The fourth-order valence-electron chi connectivity index (χ4n) is 3.09. The second-order valence-electron chi connectivity index (χ2n) is 5.70. The Kier molecular flexibility index (Phi) is 3.92. The second kappa shape index (κ2) is 5.85. The van der Waals surface area contributed by atoms with Crippen molar-refractivity contribution in [1.82, 2.24) is 4.90 Å². The van der Waals surface area contributed by atoms with E-state index < -0.39 is 5.97 Å². The van der Waals surface area contributed by atoms with Gasteiger partial charge in [-0.2, -0.15) is 0 Å². The maximum Gasteiger partial charge on any atom is 0.306 e. The molecule has 1 atom stereocenters. The Bertz CT molecular complexity index is 549. The van der Waals surface area contributed by atoms with Gasteiger partial charge in [-0.25, -0.2) is 0 Å². The molecular formula is C16H19NO4. The monoisotopic (exact) mass is 289 g/mol. The van der Waals surface area contributed by atoms with Crippen molar-refractivity contribution in [2.24, 2.45) is 5.92 Å². The molecule has 21 heavy (non-hydrogen) atoms. The predicted octanol–water partition coefficient (Wildman–Crippen LogP) is 1.97. The van der Waals surface area contributed by atoms with Gasteiger partial charge in [-0.3, -0.25) is 9.59 Å². The zero-order chi connectivity index (χ0) is 14.8. The first-order chi connectivity index (χ1) is 10.1. The third-order valence-electron chi connectivity index (χ3n) is 4.40. The van der Waals surface area contributed by atoms with Crippen LogP contribution in [0.15, 0.2) is 24.3 Å². The quantitative estimate of drug-likeness (QED) is 0.924. The van der Waals surface area contributed by atoms with E-state index in [2.05, 4.69) is 0 Å². The zero-order valence-electron chi connectivity index (χ0n) is 11.8. The van der Waals surface area contributed by atoms with E-state index >= 15 is 0 Å². The third kappa shape index (κ3) is 2.93. The molecule has 0 bridgehead atoms. The summed E-state index contributed by atoms with van der Waals surface area (Å²) in [5, 5.41) is 8.98. The highest BCUT2D eigenvalue weighted by molar-refractivity contribution is 5.78. The molecule has 1 amide bonds. The van der Waals surface area contributed by atoms with Gasteiger partial charge in [-0.1, -0.05) is 24.3 Å². The summed E-state index contributed by atoms with van der Waals surface area (Å²) in [5.41, 5.74) is 2.26. The number of benzene rings is 1.